The number of hydrogen-bond donors (Lipinski definition) is 2. The first-order valence-electron chi connectivity index (χ1n) is 7.74. The summed E-state index contributed by atoms with van der Waals surface area (Å²) in [5.41, 5.74) is -0.0819. The monoisotopic (exact) mass is 398 g/mol. The van der Waals surface area contributed by atoms with Gasteiger partial charge in [-0.3, -0.25) is 4.79 Å². The van der Waals surface area contributed by atoms with Crippen molar-refractivity contribution in [3.63, 3.8) is 0 Å². The Morgan fingerprint density at radius 3 is 2.19 bits per heavy atom. The third-order valence-corrected chi connectivity index (χ3v) is 4.78. The quantitative estimate of drug-likeness (QED) is 0.695. The molecule has 0 aliphatic heterocycles. The van der Waals surface area contributed by atoms with Crippen molar-refractivity contribution in [2.24, 2.45) is 0 Å². The Kier molecular flexibility index (Phi) is 6.59. The van der Waals surface area contributed by atoms with Gasteiger partial charge in [0.05, 0.1) is 10.5 Å². The lowest BCUT2D eigenvalue weighted by atomic mass is 10.2. The van der Waals surface area contributed by atoms with Crippen LogP contribution in [0.25, 0.3) is 0 Å². The summed E-state index contributed by atoms with van der Waals surface area (Å²) < 4.78 is 56.8. The molecule has 0 unspecified atom stereocenters. The summed E-state index contributed by atoms with van der Waals surface area (Å²) >= 11 is 0. The van der Waals surface area contributed by atoms with E-state index in [4.69, 9.17) is 4.74 Å². The second kappa shape index (κ2) is 8.69. The third kappa shape index (κ3) is 5.83. The van der Waals surface area contributed by atoms with E-state index in [1.54, 1.807) is 6.92 Å². The van der Waals surface area contributed by atoms with Crippen molar-refractivity contribution < 1.29 is 31.5 Å². The Hall–Kier alpha value is -2.85. The fourth-order valence-electron chi connectivity index (χ4n) is 2.08. The average Bonchev–Trinajstić information content (AvgIpc) is 2.59. The predicted molar refractivity (Wildman–Crippen MR) is 92.6 cm³/mol. The Balaban J connectivity index is 1.94. The lowest BCUT2D eigenvalue weighted by molar-refractivity contribution is -0.119. The summed E-state index contributed by atoms with van der Waals surface area (Å²) in [6.07, 6.45) is 0. The van der Waals surface area contributed by atoms with E-state index in [0.29, 0.717) is 6.07 Å². The molecule has 0 radical (unpaired) electrons. The Morgan fingerprint density at radius 1 is 1.04 bits per heavy atom. The van der Waals surface area contributed by atoms with E-state index in [9.17, 15) is 26.8 Å². The number of ether oxygens (including phenoxy) is 1. The van der Waals surface area contributed by atoms with Gasteiger partial charge < -0.3 is 10.1 Å². The number of halogens is 2. The molecule has 144 valence electrons. The van der Waals surface area contributed by atoms with Crippen LogP contribution in [0.2, 0.25) is 0 Å². The molecule has 0 saturated heterocycles. The minimum atomic E-state index is -3.65. The standard InChI is InChI=1S/C17H16F2N2O5S/c1-2-20-27(24,25)15-5-3-11(4-6-15)17(23)26-10-16(22)21-14-8-12(18)7-13(19)9-14/h3-9,20H,2,10H2,1H3,(H,21,22). The molecule has 7 nitrogen and oxygen atoms in total. The van der Waals surface area contributed by atoms with Crippen molar-refractivity contribution in [3.05, 3.63) is 59.7 Å². The zero-order valence-corrected chi connectivity index (χ0v) is 15.0. The summed E-state index contributed by atoms with van der Waals surface area (Å²) in [4.78, 5) is 23.6. The van der Waals surface area contributed by atoms with Crippen LogP contribution in [-0.2, 0) is 19.6 Å². The van der Waals surface area contributed by atoms with Gasteiger partial charge in [-0.05, 0) is 36.4 Å². The first-order chi connectivity index (χ1) is 12.7. The lowest BCUT2D eigenvalue weighted by Gasteiger charge is -2.08. The number of carbonyl (C=O) groups is 2. The molecule has 10 heteroatoms. The Morgan fingerprint density at radius 2 is 1.63 bits per heavy atom. The maximum absolute atomic E-state index is 13.1. The molecule has 0 heterocycles. The Bertz CT molecular complexity index is 926. The van der Waals surface area contributed by atoms with Crippen LogP contribution in [0.3, 0.4) is 0 Å². The van der Waals surface area contributed by atoms with Crippen LogP contribution in [0.4, 0.5) is 14.5 Å². The number of nitrogens with one attached hydrogen (secondary N) is 2. The fourth-order valence-corrected chi connectivity index (χ4v) is 3.12. The second-order valence-corrected chi connectivity index (χ2v) is 7.08. The number of esters is 1. The van der Waals surface area contributed by atoms with Gasteiger partial charge in [0.1, 0.15) is 11.6 Å². The Labute approximate surface area is 154 Å². The highest BCUT2D eigenvalue weighted by Crippen LogP contribution is 2.13. The van der Waals surface area contributed by atoms with Crippen LogP contribution in [0, 0.1) is 11.6 Å². The van der Waals surface area contributed by atoms with Crippen LogP contribution in [0.5, 0.6) is 0 Å². The van der Waals surface area contributed by atoms with Crippen LogP contribution in [0.1, 0.15) is 17.3 Å². The van der Waals surface area contributed by atoms with Gasteiger partial charge in [-0.2, -0.15) is 0 Å². The summed E-state index contributed by atoms with van der Waals surface area (Å²) in [7, 11) is -3.65. The molecule has 2 N–H and O–H groups in total. The zero-order chi connectivity index (χ0) is 20.0. The van der Waals surface area contributed by atoms with Crippen molar-refractivity contribution in [2.75, 3.05) is 18.5 Å². The van der Waals surface area contributed by atoms with Crippen molar-refractivity contribution in [3.8, 4) is 0 Å². The summed E-state index contributed by atoms with van der Waals surface area (Å²) in [5, 5.41) is 2.19. The maximum Gasteiger partial charge on any atom is 0.338 e. The van der Waals surface area contributed by atoms with Gasteiger partial charge in [0.25, 0.3) is 5.91 Å². The van der Waals surface area contributed by atoms with Gasteiger partial charge in [-0.15, -0.1) is 0 Å². The van der Waals surface area contributed by atoms with Crippen molar-refractivity contribution in [2.45, 2.75) is 11.8 Å². The normalized spacial score (nSPS) is 11.1. The molecular weight excluding hydrogens is 382 g/mol. The fraction of sp³-hybridized carbons (Fsp3) is 0.176. The first kappa shape index (κ1) is 20.5. The van der Waals surface area contributed by atoms with Gasteiger partial charge in [-0.1, -0.05) is 6.92 Å². The van der Waals surface area contributed by atoms with Crippen LogP contribution in [0.15, 0.2) is 47.4 Å². The highest BCUT2D eigenvalue weighted by molar-refractivity contribution is 7.89. The van der Waals surface area contributed by atoms with E-state index >= 15 is 0 Å². The van der Waals surface area contributed by atoms with Gasteiger partial charge in [0, 0.05) is 18.3 Å². The smallest absolute Gasteiger partial charge is 0.338 e. The predicted octanol–water partition coefficient (Wildman–Crippen LogP) is 2.06. The van der Waals surface area contributed by atoms with E-state index < -0.39 is 40.1 Å². The molecule has 2 aromatic carbocycles. The number of sulfonamides is 1. The van der Waals surface area contributed by atoms with E-state index in [1.165, 1.54) is 24.3 Å². The van der Waals surface area contributed by atoms with E-state index in [2.05, 4.69) is 10.0 Å². The molecule has 2 aromatic rings. The highest BCUT2D eigenvalue weighted by Gasteiger charge is 2.15. The largest absolute Gasteiger partial charge is 0.452 e. The molecule has 0 fully saturated rings. The lowest BCUT2D eigenvalue weighted by Crippen LogP contribution is -2.23. The zero-order valence-electron chi connectivity index (χ0n) is 14.2. The van der Waals surface area contributed by atoms with Gasteiger partial charge in [-0.25, -0.2) is 26.7 Å². The minimum absolute atomic E-state index is 0.0215. The SMILES string of the molecule is CCNS(=O)(=O)c1ccc(C(=O)OCC(=O)Nc2cc(F)cc(F)c2)cc1. The van der Waals surface area contributed by atoms with Crippen molar-refractivity contribution in [1.29, 1.82) is 0 Å². The van der Waals surface area contributed by atoms with Gasteiger partial charge in [0.2, 0.25) is 10.0 Å². The summed E-state index contributed by atoms with van der Waals surface area (Å²) in [5.74, 6) is -3.38. The number of benzene rings is 2. The van der Waals surface area contributed by atoms with E-state index in [1.807, 2.05) is 0 Å². The summed E-state index contributed by atoms with van der Waals surface area (Å²) in [6.45, 7) is 1.16. The van der Waals surface area contributed by atoms with Crippen LogP contribution in [-0.4, -0.2) is 33.4 Å². The third-order valence-electron chi connectivity index (χ3n) is 3.22. The second-order valence-electron chi connectivity index (χ2n) is 5.31. The molecule has 0 aliphatic rings. The number of carbonyl (C=O) groups excluding carboxylic acids is 2. The summed E-state index contributed by atoms with van der Waals surface area (Å²) in [6, 6.07) is 7.40. The number of rotatable bonds is 7. The maximum atomic E-state index is 13.1. The average molecular weight is 398 g/mol. The van der Waals surface area contributed by atoms with E-state index in [-0.39, 0.29) is 22.7 Å². The molecular formula is C17H16F2N2O5S. The number of amides is 1. The molecule has 0 atom stereocenters. The van der Waals surface area contributed by atoms with Crippen LogP contribution < -0.4 is 10.0 Å². The first-order valence-corrected chi connectivity index (χ1v) is 9.22. The van der Waals surface area contributed by atoms with Crippen LogP contribution >= 0.6 is 0 Å². The number of hydrogen-bond acceptors (Lipinski definition) is 5. The van der Waals surface area contributed by atoms with Gasteiger partial charge >= 0.3 is 5.97 Å². The van der Waals surface area contributed by atoms with Crippen molar-refractivity contribution in [1.82, 2.24) is 4.72 Å². The molecule has 0 saturated carbocycles. The molecule has 0 aliphatic carbocycles. The minimum Gasteiger partial charge on any atom is -0.452 e. The number of anilines is 1. The molecule has 0 spiro atoms. The van der Waals surface area contributed by atoms with Crippen molar-refractivity contribution >= 4 is 27.6 Å². The molecule has 1 amide bonds. The van der Waals surface area contributed by atoms with E-state index in [0.717, 1.165) is 12.1 Å². The van der Waals surface area contributed by atoms with Gasteiger partial charge in [0.15, 0.2) is 6.61 Å². The molecule has 2 rings (SSSR count). The highest BCUT2D eigenvalue weighted by atomic mass is 32.2. The topological polar surface area (TPSA) is 102 Å². The molecule has 0 aromatic heterocycles. The molecule has 27 heavy (non-hydrogen) atoms. The molecule has 0 bridgehead atoms.